The van der Waals surface area contributed by atoms with Crippen LogP contribution in [0.1, 0.15) is 1.43 Å². The zero-order chi connectivity index (χ0) is 4.50. The van der Waals surface area contributed by atoms with Gasteiger partial charge in [-0.1, -0.05) is 0 Å². The molecule has 0 aromatic rings. The molecule has 0 aliphatic rings. The Morgan fingerprint density at radius 1 is 1.25 bits per heavy atom. The quantitative estimate of drug-likeness (QED) is 0.304. The Bertz CT molecular complexity index is 66.7. The Morgan fingerprint density at radius 3 is 1.25 bits per heavy atom. The first-order valence-corrected chi connectivity index (χ1v) is 2.35. The molecule has 3 N–H and O–H groups in total. The van der Waals surface area contributed by atoms with E-state index in [0.29, 0.717) is 0 Å². The van der Waals surface area contributed by atoms with Crippen molar-refractivity contribution in [1.82, 2.24) is 0 Å². The molecule has 1 radical (unpaired) electrons. The summed E-state index contributed by atoms with van der Waals surface area (Å²) in [6, 6.07) is 0. The molecule has 0 aromatic heterocycles. The zero-order valence-electron chi connectivity index (χ0n) is 4.93. The van der Waals surface area contributed by atoms with Crippen molar-refractivity contribution in [3.05, 3.63) is 0 Å². The molecule has 0 aromatic carbocycles. The Hall–Kier alpha value is 2.79. The van der Waals surface area contributed by atoms with Gasteiger partial charge in [-0.2, -0.15) is 0 Å². The van der Waals surface area contributed by atoms with E-state index in [4.69, 9.17) is 19.2 Å². The molecule has 4 nitrogen and oxygen atoms in total. The van der Waals surface area contributed by atoms with E-state index >= 15 is 0 Å². The van der Waals surface area contributed by atoms with Gasteiger partial charge in [0.05, 0.1) is 0 Å². The van der Waals surface area contributed by atoms with Gasteiger partial charge in [-0.05, 0) is 0 Å². The number of phosphoric acid groups is 1. The fourth-order valence-electron chi connectivity index (χ4n) is 0. The summed E-state index contributed by atoms with van der Waals surface area (Å²) in [6.45, 7) is 0. The molecule has 49 valence electrons. The summed E-state index contributed by atoms with van der Waals surface area (Å²) in [7, 11) is -4.64. The second-order valence-electron chi connectivity index (χ2n) is 0.513. The van der Waals surface area contributed by atoms with Gasteiger partial charge < -0.3 is 16.1 Å². The summed E-state index contributed by atoms with van der Waals surface area (Å²) in [5, 5.41) is 0. The predicted octanol–water partition coefficient (Wildman–Crippen LogP) is -3.82. The van der Waals surface area contributed by atoms with E-state index in [0.717, 1.165) is 0 Å². The van der Waals surface area contributed by atoms with E-state index < -0.39 is 7.82 Å². The van der Waals surface area contributed by atoms with Gasteiger partial charge in [0, 0.05) is 34.1 Å². The molecule has 0 aliphatic heterocycles. The Morgan fingerprint density at radius 2 is 1.25 bits per heavy atom. The summed E-state index contributed by atoms with van der Waals surface area (Å²) >= 11 is 0. The topological polar surface area (TPSA) is 77.8 Å². The molecule has 0 heterocycles. The molecule has 0 saturated heterocycles. The Balaban J connectivity index is -0.0000000133. The maximum atomic E-state index is 8.88. The largest absolute Gasteiger partial charge is 1.00 e. The van der Waals surface area contributed by atoms with Gasteiger partial charge in [0.1, 0.15) is 0 Å². The molecular weight excluding hydrogens is 245 g/mol. The average molecular weight is 249 g/mol. The van der Waals surface area contributed by atoms with E-state index in [1.165, 1.54) is 0 Å². The van der Waals surface area contributed by atoms with Gasteiger partial charge in [-0.25, -0.2) is 4.57 Å². The summed E-state index contributed by atoms with van der Waals surface area (Å²) in [5.74, 6) is 0. The SMILES string of the molecule is O=P(O)(O)O.[Fe].[H-].[K+].[Mn]. The minimum atomic E-state index is -4.64. The fraction of sp³-hybridized carbons (Fsp3) is 0. The predicted molar refractivity (Wildman–Crippen MR) is 15.4 cm³/mol. The minimum Gasteiger partial charge on any atom is -1.00 e. The average Bonchev–Trinajstić information content (AvgIpc) is 0.722. The van der Waals surface area contributed by atoms with Gasteiger partial charge in [0.25, 0.3) is 0 Å². The van der Waals surface area contributed by atoms with Crippen LogP contribution in [-0.2, 0) is 38.7 Å². The van der Waals surface area contributed by atoms with Crippen molar-refractivity contribution >= 4 is 7.82 Å². The zero-order valence-corrected chi connectivity index (χ0v) is 10.2. The third-order valence-electron chi connectivity index (χ3n) is 0. The van der Waals surface area contributed by atoms with Crippen LogP contribution in [0, 0.1) is 0 Å². The summed E-state index contributed by atoms with van der Waals surface area (Å²) in [6.07, 6.45) is 0. The van der Waals surface area contributed by atoms with Gasteiger partial charge in [-0.3, -0.25) is 0 Å². The first-order chi connectivity index (χ1) is 2.00. The third kappa shape index (κ3) is 68.6. The number of hydrogen-bond donors (Lipinski definition) is 3. The van der Waals surface area contributed by atoms with Crippen LogP contribution in [0.3, 0.4) is 0 Å². The van der Waals surface area contributed by atoms with Crippen molar-refractivity contribution in [3.8, 4) is 0 Å². The summed E-state index contributed by atoms with van der Waals surface area (Å²) < 4.78 is 8.88. The van der Waals surface area contributed by atoms with Crippen LogP contribution in [0.25, 0.3) is 0 Å². The van der Waals surface area contributed by atoms with Gasteiger partial charge in [-0.15, -0.1) is 0 Å². The van der Waals surface area contributed by atoms with Crippen LogP contribution in [0.5, 0.6) is 0 Å². The second-order valence-corrected chi connectivity index (χ2v) is 1.54. The molecule has 8 heteroatoms. The fourth-order valence-corrected chi connectivity index (χ4v) is 0. The van der Waals surface area contributed by atoms with Crippen molar-refractivity contribution in [1.29, 1.82) is 0 Å². The van der Waals surface area contributed by atoms with E-state index in [1.54, 1.807) is 0 Å². The summed E-state index contributed by atoms with van der Waals surface area (Å²) in [4.78, 5) is 21.6. The number of rotatable bonds is 0. The monoisotopic (exact) mass is 249 g/mol. The standard InChI is InChI=1S/Fe.K.Mn.H3O4P.H/c;;;1-5(2,3)4;/h;;;(H3,1,2,3,4);/q;+1;;;-1. The van der Waals surface area contributed by atoms with Crippen LogP contribution < -0.4 is 51.4 Å². The smallest absolute Gasteiger partial charge is 1.00 e. The molecule has 0 aliphatic carbocycles. The minimum absolute atomic E-state index is 0. The van der Waals surface area contributed by atoms with Crippen LogP contribution in [-0.4, -0.2) is 14.7 Å². The van der Waals surface area contributed by atoms with Crippen molar-refractivity contribution in [3.63, 3.8) is 0 Å². The maximum absolute atomic E-state index is 8.88. The van der Waals surface area contributed by atoms with E-state index in [9.17, 15) is 0 Å². The maximum Gasteiger partial charge on any atom is 1.00 e. The van der Waals surface area contributed by atoms with Gasteiger partial charge >= 0.3 is 59.2 Å². The molecule has 0 bridgehead atoms. The van der Waals surface area contributed by atoms with Crippen molar-refractivity contribution in [2.24, 2.45) is 0 Å². The summed E-state index contributed by atoms with van der Waals surface area (Å²) in [5.41, 5.74) is 0. The molecule has 0 fully saturated rings. The molecule has 8 heavy (non-hydrogen) atoms. The molecular formula is H4FeKMnO4P. The molecule has 0 unspecified atom stereocenters. The van der Waals surface area contributed by atoms with Crippen molar-refractivity contribution in [2.45, 2.75) is 0 Å². The molecule has 0 atom stereocenters. The van der Waals surface area contributed by atoms with Crippen LogP contribution >= 0.6 is 7.82 Å². The van der Waals surface area contributed by atoms with E-state index in [1.807, 2.05) is 0 Å². The first-order valence-electron chi connectivity index (χ1n) is 0.783. The van der Waals surface area contributed by atoms with Crippen LogP contribution in [0.4, 0.5) is 0 Å². The Kier molecular flexibility index (Phi) is 27.4. The first kappa shape index (κ1) is 22.4. The van der Waals surface area contributed by atoms with E-state index in [-0.39, 0.29) is 86.9 Å². The van der Waals surface area contributed by atoms with Gasteiger partial charge in [0.15, 0.2) is 0 Å². The molecule has 0 saturated carbocycles. The molecule has 0 rings (SSSR count). The van der Waals surface area contributed by atoms with Crippen molar-refractivity contribution in [2.75, 3.05) is 0 Å². The van der Waals surface area contributed by atoms with E-state index in [2.05, 4.69) is 0 Å². The van der Waals surface area contributed by atoms with Crippen LogP contribution in [0.2, 0.25) is 0 Å². The Labute approximate surface area is 112 Å². The molecule has 0 amide bonds. The second kappa shape index (κ2) is 9.79. The normalized spacial score (nSPS) is 7.38. The van der Waals surface area contributed by atoms with Crippen LogP contribution in [0.15, 0.2) is 0 Å². The molecule has 0 spiro atoms. The van der Waals surface area contributed by atoms with Gasteiger partial charge in [0.2, 0.25) is 0 Å². The third-order valence-corrected chi connectivity index (χ3v) is 0. The van der Waals surface area contributed by atoms with Crippen molar-refractivity contribution < 1.29 is 106 Å². The number of hydrogen-bond acceptors (Lipinski definition) is 1.